The van der Waals surface area contributed by atoms with Gasteiger partial charge in [-0.2, -0.15) is 4.31 Å². The maximum absolute atomic E-state index is 13.8. The van der Waals surface area contributed by atoms with E-state index in [1.165, 1.54) is 23.5 Å². The van der Waals surface area contributed by atoms with Gasteiger partial charge in [-0.05, 0) is 67.8 Å². The summed E-state index contributed by atoms with van der Waals surface area (Å²) in [7, 11) is -2.07. The van der Waals surface area contributed by atoms with Gasteiger partial charge in [-0.25, -0.2) is 13.4 Å². The molecule has 39 heavy (non-hydrogen) atoms. The van der Waals surface area contributed by atoms with Crippen molar-refractivity contribution in [2.75, 3.05) is 25.1 Å². The van der Waals surface area contributed by atoms with Crippen molar-refractivity contribution in [2.45, 2.75) is 57.9 Å². The molecular weight excluding hydrogens is 534 g/mol. The first-order valence-electron chi connectivity index (χ1n) is 13.2. The molecule has 208 valence electrons. The van der Waals surface area contributed by atoms with Crippen molar-refractivity contribution in [1.82, 2.24) is 9.29 Å². The van der Waals surface area contributed by atoms with E-state index in [2.05, 4.69) is 0 Å². The van der Waals surface area contributed by atoms with Gasteiger partial charge in [-0.3, -0.25) is 9.69 Å². The SMILES string of the molecule is CCCCN(CCCC)S(=O)(=O)c1ccc(C(=O)N(Cc2ccco2)c2nc3c(OC)ccc(C)c3s2)cc1. The number of hydrogen-bond acceptors (Lipinski definition) is 7. The number of amides is 1. The van der Waals surface area contributed by atoms with E-state index in [4.69, 9.17) is 14.1 Å². The maximum atomic E-state index is 13.8. The number of ether oxygens (including phenoxy) is 1. The highest BCUT2D eigenvalue weighted by atomic mass is 32.2. The molecule has 2 aromatic heterocycles. The number of carbonyl (C=O) groups excluding carboxylic acids is 1. The minimum atomic E-state index is -3.66. The number of benzene rings is 2. The molecule has 10 heteroatoms. The Labute approximate surface area is 234 Å². The molecule has 0 unspecified atom stereocenters. The van der Waals surface area contributed by atoms with E-state index in [9.17, 15) is 13.2 Å². The number of fused-ring (bicyclic) bond motifs is 1. The van der Waals surface area contributed by atoms with Gasteiger partial charge in [-0.1, -0.05) is 44.1 Å². The molecule has 0 radical (unpaired) electrons. The zero-order valence-electron chi connectivity index (χ0n) is 22.8. The van der Waals surface area contributed by atoms with Crippen molar-refractivity contribution in [2.24, 2.45) is 0 Å². The van der Waals surface area contributed by atoms with Crippen molar-refractivity contribution < 1.29 is 22.4 Å². The largest absolute Gasteiger partial charge is 0.494 e. The summed E-state index contributed by atoms with van der Waals surface area (Å²) in [5.74, 6) is 0.932. The fraction of sp³-hybridized carbons (Fsp3) is 0.379. The number of furan rings is 1. The Balaban J connectivity index is 1.67. The normalized spacial score (nSPS) is 11.8. The topological polar surface area (TPSA) is 93.0 Å². The van der Waals surface area contributed by atoms with Crippen LogP contribution >= 0.6 is 11.3 Å². The van der Waals surface area contributed by atoms with Gasteiger partial charge in [0, 0.05) is 18.7 Å². The van der Waals surface area contributed by atoms with Gasteiger partial charge >= 0.3 is 0 Å². The lowest BCUT2D eigenvalue weighted by Gasteiger charge is -2.22. The molecule has 0 aliphatic heterocycles. The van der Waals surface area contributed by atoms with Crippen molar-refractivity contribution in [1.29, 1.82) is 0 Å². The summed E-state index contributed by atoms with van der Waals surface area (Å²) >= 11 is 1.40. The van der Waals surface area contributed by atoms with Crippen molar-refractivity contribution >= 4 is 42.6 Å². The fourth-order valence-electron chi connectivity index (χ4n) is 4.26. The van der Waals surface area contributed by atoms with Gasteiger partial charge in [0.2, 0.25) is 10.0 Å². The smallest absolute Gasteiger partial charge is 0.260 e. The Morgan fingerprint density at radius 3 is 2.31 bits per heavy atom. The van der Waals surface area contributed by atoms with E-state index < -0.39 is 10.0 Å². The van der Waals surface area contributed by atoms with Crippen LogP contribution in [0.3, 0.4) is 0 Å². The number of sulfonamides is 1. The minimum Gasteiger partial charge on any atom is -0.494 e. The second-order valence-electron chi connectivity index (χ2n) is 9.37. The molecule has 4 aromatic rings. The first kappa shape index (κ1) is 28.8. The predicted molar refractivity (Wildman–Crippen MR) is 155 cm³/mol. The molecule has 0 saturated heterocycles. The van der Waals surface area contributed by atoms with Gasteiger partial charge in [0.1, 0.15) is 17.0 Å². The summed E-state index contributed by atoms with van der Waals surface area (Å²) in [6.45, 7) is 7.22. The van der Waals surface area contributed by atoms with Crippen molar-refractivity contribution in [3.05, 3.63) is 71.7 Å². The molecule has 0 bridgehead atoms. The molecule has 8 nitrogen and oxygen atoms in total. The third-order valence-corrected chi connectivity index (χ3v) is 9.67. The molecule has 0 atom stereocenters. The molecule has 0 aliphatic carbocycles. The number of hydrogen-bond donors (Lipinski definition) is 0. The molecule has 2 heterocycles. The molecule has 1 amide bonds. The molecule has 2 aromatic carbocycles. The summed E-state index contributed by atoms with van der Waals surface area (Å²) in [5, 5.41) is 0.501. The van der Waals surface area contributed by atoms with E-state index in [-0.39, 0.29) is 17.3 Å². The van der Waals surface area contributed by atoms with Crippen LogP contribution in [-0.2, 0) is 16.6 Å². The van der Waals surface area contributed by atoms with Gasteiger partial charge in [0.25, 0.3) is 5.91 Å². The van der Waals surface area contributed by atoms with E-state index in [0.29, 0.717) is 40.8 Å². The van der Waals surface area contributed by atoms with Crippen molar-refractivity contribution in [3.63, 3.8) is 0 Å². The number of carbonyl (C=O) groups is 1. The average Bonchev–Trinajstić information content (AvgIpc) is 3.62. The number of methoxy groups -OCH3 is 1. The number of nitrogens with zero attached hydrogens (tertiary/aromatic N) is 3. The molecule has 0 N–H and O–H groups in total. The van der Waals surface area contributed by atoms with Crippen LogP contribution in [0.5, 0.6) is 5.75 Å². The van der Waals surface area contributed by atoms with Crippen LogP contribution in [0.1, 0.15) is 61.2 Å². The summed E-state index contributed by atoms with van der Waals surface area (Å²) in [6.07, 6.45) is 4.98. The Hall–Kier alpha value is -3.21. The Morgan fingerprint density at radius 1 is 1.03 bits per heavy atom. The zero-order chi connectivity index (χ0) is 28.0. The van der Waals surface area contributed by atoms with Crippen molar-refractivity contribution in [3.8, 4) is 5.75 Å². The molecular formula is C29H35N3O5S2. The summed E-state index contributed by atoms with van der Waals surface area (Å²) in [4.78, 5) is 20.3. The Kier molecular flexibility index (Phi) is 9.42. The number of aromatic nitrogens is 1. The summed E-state index contributed by atoms with van der Waals surface area (Å²) in [6, 6.07) is 13.6. The lowest BCUT2D eigenvalue weighted by atomic mass is 10.2. The van der Waals surface area contributed by atoms with Gasteiger partial charge < -0.3 is 9.15 Å². The third-order valence-electron chi connectivity index (χ3n) is 6.54. The van der Waals surface area contributed by atoms with Crippen LogP contribution in [0.2, 0.25) is 0 Å². The van der Waals surface area contributed by atoms with Gasteiger partial charge in [0.15, 0.2) is 5.13 Å². The second kappa shape index (κ2) is 12.8. The molecule has 0 saturated carbocycles. The van der Waals surface area contributed by atoms with Gasteiger partial charge in [-0.15, -0.1) is 0 Å². The zero-order valence-corrected chi connectivity index (χ0v) is 24.5. The van der Waals surface area contributed by atoms with Crippen LogP contribution < -0.4 is 9.64 Å². The van der Waals surface area contributed by atoms with Gasteiger partial charge in [0.05, 0.1) is 29.5 Å². The quantitative estimate of drug-likeness (QED) is 0.179. The molecule has 0 spiro atoms. The second-order valence-corrected chi connectivity index (χ2v) is 12.3. The standard InChI is InChI=1S/C29H35N3O5S2/c1-5-7-17-31(18-8-6-2)39(34,35)24-14-12-22(13-15-24)28(33)32(20-23-10-9-19-37-23)29-30-26-25(36-4)16-11-21(3)27(26)38-29/h9-16,19H,5-8,17-18,20H2,1-4H3. The molecule has 4 rings (SSSR count). The maximum Gasteiger partial charge on any atom is 0.260 e. The minimum absolute atomic E-state index is 0.175. The number of thiazole rings is 1. The number of unbranched alkanes of at least 4 members (excludes halogenated alkanes) is 2. The highest BCUT2D eigenvalue weighted by Crippen LogP contribution is 2.37. The predicted octanol–water partition coefficient (Wildman–Crippen LogP) is 6.64. The first-order chi connectivity index (χ1) is 18.8. The third kappa shape index (κ3) is 6.34. The Morgan fingerprint density at radius 2 is 1.72 bits per heavy atom. The van der Waals surface area contributed by atoms with Crippen LogP contribution in [0.4, 0.5) is 5.13 Å². The summed E-state index contributed by atoms with van der Waals surface area (Å²) in [5.41, 5.74) is 2.08. The molecule has 0 fully saturated rings. The van der Waals surface area contributed by atoms with E-state index in [1.54, 1.807) is 46.8 Å². The number of aryl methyl sites for hydroxylation is 1. The van der Waals surface area contributed by atoms with Crippen LogP contribution in [0, 0.1) is 6.92 Å². The van der Waals surface area contributed by atoms with Crippen LogP contribution in [-0.4, -0.2) is 43.8 Å². The van der Waals surface area contributed by atoms with E-state index >= 15 is 0 Å². The van der Waals surface area contributed by atoms with Crippen LogP contribution in [0.25, 0.3) is 10.2 Å². The Bertz CT molecular complexity index is 1490. The summed E-state index contributed by atoms with van der Waals surface area (Å²) < 4.78 is 40.3. The molecule has 0 aliphatic rings. The highest BCUT2D eigenvalue weighted by molar-refractivity contribution is 7.89. The lowest BCUT2D eigenvalue weighted by molar-refractivity contribution is 0.0983. The van der Waals surface area contributed by atoms with E-state index in [0.717, 1.165) is 35.9 Å². The monoisotopic (exact) mass is 569 g/mol. The highest BCUT2D eigenvalue weighted by Gasteiger charge is 2.27. The average molecular weight is 570 g/mol. The lowest BCUT2D eigenvalue weighted by Crippen LogP contribution is -2.33. The fourth-order valence-corrected chi connectivity index (χ4v) is 6.82. The number of rotatable bonds is 13. The first-order valence-corrected chi connectivity index (χ1v) is 15.4. The van der Waals surface area contributed by atoms with E-state index in [1.807, 2.05) is 32.9 Å². The number of anilines is 1. The van der Waals surface area contributed by atoms with Crippen LogP contribution in [0.15, 0.2) is 64.1 Å².